The zero-order chi connectivity index (χ0) is 13.3. The summed E-state index contributed by atoms with van der Waals surface area (Å²) in [4.78, 5) is 24.6. The molecule has 5 heteroatoms. The van der Waals surface area contributed by atoms with Crippen molar-refractivity contribution in [2.45, 2.75) is 25.8 Å². The van der Waals surface area contributed by atoms with Crippen molar-refractivity contribution in [1.82, 2.24) is 4.90 Å². The predicted octanol–water partition coefficient (Wildman–Crippen LogP) is 1.39. The molecule has 1 unspecified atom stereocenters. The topological polar surface area (TPSA) is 77.8 Å². The maximum Gasteiger partial charge on any atom is 0.326 e. The highest BCUT2D eigenvalue weighted by Crippen LogP contribution is 2.25. The lowest BCUT2D eigenvalue weighted by Crippen LogP contribution is -2.40. The minimum Gasteiger partial charge on any atom is -0.507 e. The molecule has 1 fully saturated rings. The molecule has 1 amide bonds. The lowest BCUT2D eigenvalue weighted by molar-refractivity contribution is -0.141. The van der Waals surface area contributed by atoms with Crippen molar-refractivity contribution in [3.8, 4) is 5.75 Å². The van der Waals surface area contributed by atoms with Gasteiger partial charge >= 0.3 is 5.97 Å². The fraction of sp³-hybridized carbons (Fsp3) is 0.385. The molecule has 1 aliphatic rings. The second kappa shape index (κ2) is 4.68. The number of hydrogen-bond acceptors (Lipinski definition) is 3. The normalized spacial score (nSPS) is 18.9. The van der Waals surface area contributed by atoms with Crippen LogP contribution in [0, 0.1) is 6.92 Å². The van der Waals surface area contributed by atoms with Gasteiger partial charge in [0.2, 0.25) is 0 Å². The fourth-order valence-electron chi connectivity index (χ4n) is 2.24. The Morgan fingerprint density at radius 2 is 2.11 bits per heavy atom. The fourth-order valence-corrected chi connectivity index (χ4v) is 2.24. The maximum atomic E-state index is 12.2. The summed E-state index contributed by atoms with van der Waals surface area (Å²) in [6, 6.07) is 3.95. The van der Waals surface area contributed by atoms with Gasteiger partial charge in [-0.3, -0.25) is 4.79 Å². The third kappa shape index (κ3) is 2.16. The number of benzene rings is 1. The Balaban J connectivity index is 2.31. The van der Waals surface area contributed by atoms with Crippen LogP contribution in [0.2, 0.25) is 0 Å². The van der Waals surface area contributed by atoms with E-state index in [1.807, 2.05) is 6.92 Å². The molecule has 0 radical (unpaired) electrons. The van der Waals surface area contributed by atoms with Crippen molar-refractivity contribution in [3.05, 3.63) is 29.3 Å². The number of carbonyl (C=O) groups excluding carboxylic acids is 1. The number of aliphatic carboxylic acids is 1. The molecule has 1 aliphatic heterocycles. The minimum absolute atomic E-state index is 0.110. The second-order valence-electron chi connectivity index (χ2n) is 4.52. The van der Waals surface area contributed by atoms with Crippen LogP contribution in [-0.2, 0) is 4.79 Å². The molecule has 1 heterocycles. The third-order valence-electron chi connectivity index (χ3n) is 3.18. The van der Waals surface area contributed by atoms with Crippen LogP contribution in [0.5, 0.6) is 5.75 Å². The van der Waals surface area contributed by atoms with Crippen molar-refractivity contribution in [3.63, 3.8) is 0 Å². The van der Waals surface area contributed by atoms with Crippen LogP contribution in [0.15, 0.2) is 18.2 Å². The van der Waals surface area contributed by atoms with E-state index in [1.54, 1.807) is 12.1 Å². The van der Waals surface area contributed by atoms with Gasteiger partial charge in [-0.1, -0.05) is 11.6 Å². The highest BCUT2D eigenvalue weighted by Gasteiger charge is 2.35. The van der Waals surface area contributed by atoms with E-state index in [9.17, 15) is 14.7 Å². The van der Waals surface area contributed by atoms with E-state index in [0.717, 1.165) is 5.56 Å². The van der Waals surface area contributed by atoms with Gasteiger partial charge in [0, 0.05) is 6.54 Å². The number of rotatable bonds is 2. The molecular formula is C13H15NO4. The monoisotopic (exact) mass is 249 g/mol. The second-order valence-corrected chi connectivity index (χ2v) is 4.52. The number of aromatic hydroxyl groups is 1. The molecular weight excluding hydrogens is 234 g/mol. The van der Waals surface area contributed by atoms with Crippen molar-refractivity contribution in [1.29, 1.82) is 0 Å². The molecule has 1 aromatic rings. The molecule has 1 aromatic carbocycles. The van der Waals surface area contributed by atoms with Crippen molar-refractivity contribution >= 4 is 11.9 Å². The van der Waals surface area contributed by atoms with Crippen LogP contribution in [0.3, 0.4) is 0 Å². The van der Waals surface area contributed by atoms with E-state index in [-0.39, 0.29) is 11.3 Å². The smallest absolute Gasteiger partial charge is 0.326 e. The quantitative estimate of drug-likeness (QED) is 0.830. The lowest BCUT2D eigenvalue weighted by Gasteiger charge is -2.22. The van der Waals surface area contributed by atoms with Gasteiger partial charge in [0.05, 0.1) is 5.56 Å². The summed E-state index contributed by atoms with van der Waals surface area (Å²) >= 11 is 0. The first-order chi connectivity index (χ1) is 8.50. The van der Waals surface area contributed by atoms with Crippen molar-refractivity contribution in [2.24, 2.45) is 0 Å². The average molecular weight is 249 g/mol. The first-order valence-corrected chi connectivity index (χ1v) is 5.84. The highest BCUT2D eigenvalue weighted by molar-refractivity contribution is 5.99. The molecule has 0 spiro atoms. The molecule has 96 valence electrons. The van der Waals surface area contributed by atoms with E-state index in [2.05, 4.69) is 0 Å². The van der Waals surface area contributed by atoms with Crippen molar-refractivity contribution in [2.75, 3.05) is 6.54 Å². The predicted molar refractivity (Wildman–Crippen MR) is 64.5 cm³/mol. The summed E-state index contributed by atoms with van der Waals surface area (Å²) in [5.74, 6) is -1.52. The molecule has 2 rings (SSSR count). The zero-order valence-electron chi connectivity index (χ0n) is 10.1. The van der Waals surface area contributed by atoms with Gasteiger partial charge in [0.25, 0.3) is 5.91 Å². The van der Waals surface area contributed by atoms with Gasteiger partial charge in [0.1, 0.15) is 11.8 Å². The highest BCUT2D eigenvalue weighted by atomic mass is 16.4. The number of phenolic OH excluding ortho intramolecular Hbond substituents is 1. The minimum atomic E-state index is -0.993. The number of carboxylic acids is 1. The number of nitrogens with zero attached hydrogens (tertiary/aromatic N) is 1. The third-order valence-corrected chi connectivity index (χ3v) is 3.18. The summed E-state index contributed by atoms with van der Waals surface area (Å²) in [5.41, 5.74) is 1.02. The van der Waals surface area contributed by atoms with Crippen LogP contribution in [0.25, 0.3) is 0 Å². The molecule has 0 saturated carbocycles. The Morgan fingerprint density at radius 1 is 1.39 bits per heavy atom. The summed E-state index contributed by atoms with van der Waals surface area (Å²) in [5, 5.41) is 18.7. The Hall–Kier alpha value is -2.04. The number of carbonyl (C=O) groups is 2. The van der Waals surface area contributed by atoms with Crippen LogP contribution in [0.1, 0.15) is 28.8 Å². The van der Waals surface area contributed by atoms with Gasteiger partial charge in [-0.05, 0) is 31.9 Å². The van der Waals surface area contributed by atoms with E-state index in [4.69, 9.17) is 5.11 Å². The number of hydrogen-bond donors (Lipinski definition) is 2. The van der Waals surface area contributed by atoms with Crippen LogP contribution in [-0.4, -0.2) is 39.6 Å². The molecule has 2 N–H and O–H groups in total. The first kappa shape index (κ1) is 12.4. The van der Waals surface area contributed by atoms with Gasteiger partial charge < -0.3 is 15.1 Å². The standard InChI is InChI=1S/C13H15NO4/c1-8-4-5-11(15)9(7-8)12(16)14-6-2-3-10(14)13(17)18/h4-5,7,10,15H,2-3,6H2,1H3,(H,17,18). The average Bonchev–Trinajstić information content (AvgIpc) is 2.80. The lowest BCUT2D eigenvalue weighted by atomic mass is 10.1. The molecule has 1 saturated heterocycles. The summed E-state index contributed by atoms with van der Waals surface area (Å²) in [6.07, 6.45) is 1.14. The first-order valence-electron chi connectivity index (χ1n) is 5.84. The number of carboxylic acid groups (broad SMARTS) is 1. The van der Waals surface area contributed by atoms with Gasteiger partial charge in [-0.2, -0.15) is 0 Å². The number of amides is 1. The summed E-state index contributed by atoms with van der Waals surface area (Å²) in [7, 11) is 0. The van der Waals surface area contributed by atoms with Crippen LogP contribution < -0.4 is 0 Å². The SMILES string of the molecule is Cc1ccc(O)c(C(=O)N2CCCC2C(=O)O)c1. The molecule has 0 aliphatic carbocycles. The number of phenols is 1. The van der Waals surface area contributed by atoms with Gasteiger partial charge in [-0.25, -0.2) is 4.79 Å². The maximum absolute atomic E-state index is 12.2. The Labute approximate surface area is 105 Å². The number of aryl methyl sites for hydroxylation is 1. The Morgan fingerprint density at radius 3 is 2.78 bits per heavy atom. The van der Waals surface area contributed by atoms with E-state index >= 15 is 0 Å². The Kier molecular flexibility index (Phi) is 3.23. The van der Waals surface area contributed by atoms with Gasteiger partial charge in [0.15, 0.2) is 0 Å². The summed E-state index contributed by atoms with van der Waals surface area (Å²) < 4.78 is 0. The molecule has 5 nitrogen and oxygen atoms in total. The van der Waals surface area contributed by atoms with Gasteiger partial charge in [-0.15, -0.1) is 0 Å². The molecule has 0 bridgehead atoms. The number of likely N-dealkylation sites (tertiary alicyclic amines) is 1. The molecule has 18 heavy (non-hydrogen) atoms. The van der Waals surface area contributed by atoms with Crippen molar-refractivity contribution < 1.29 is 19.8 Å². The largest absolute Gasteiger partial charge is 0.507 e. The molecule has 1 atom stereocenters. The summed E-state index contributed by atoms with van der Waals surface area (Å²) in [6.45, 7) is 2.23. The zero-order valence-corrected chi connectivity index (χ0v) is 10.1. The molecule has 0 aromatic heterocycles. The van der Waals surface area contributed by atoms with Crippen LogP contribution in [0.4, 0.5) is 0 Å². The van der Waals surface area contributed by atoms with E-state index < -0.39 is 17.9 Å². The van der Waals surface area contributed by atoms with E-state index in [1.165, 1.54) is 11.0 Å². The van der Waals surface area contributed by atoms with Crippen LogP contribution >= 0.6 is 0 Å². The van der Waals surface area contributed by atoms with E-state index in [0.29, 0.717) is 19.4 Å². The Bertz CT molecular complexity index is 498.